The van der Waals surface area contributed by atoms with Gasteiger partial charge in [-0.15, -0.1) is 0 Å². The van der Waals surface area contributed by atoms with Crippen molar-refractivity contribution in [2.75, 3.05) is 13.1 Å². The Labute approximate surface area is 114 Å². The highest BCUT2D eigenvalue weighted by molar-refractivity contribution is 5.87. The summed E-state index contributed by atoms with van der Waals surface area (Å²) in [5.41, 5.74) is 5.48. The largest absolute Gasteiger partial charge is 0.353 e. The van der Waals surface area contributed by atoms with Crippen LogP contribution in [0.5, 0.6) is 0 Å². The number of nitrogens with one attached hydrogen (secondary N) is 1. The molecule has 0 spiro atoms. The van der Waals surface area contributed by atoms with Crippen LogP contribution in [0.15, 0.2) is 0 Å². The number of piperidine rings is 1. The predicted molar refractivity (Wildman–Crippen MR) is 73.4 cm³/mol. The number of hydrogen-bond acceptors (Lipinski definition) is 3. The molecule has 5 nitrogen and oxygen atoms in total. The van der Waals surface area contributed by atoms with Gasteiger partial charge in [0, 0.05) is 25.0 Å². The van der Waals surface area contributed by atoms with Crippen molar-refractivity contribution in [2.45, 2.75) is 57.5 Å². The summed E-state index contributed by atoms with van der Waals surface area (Å²) in [6, 6.07) is 0.203. The quantitative estimate of drug-likeness (QED) is 0.787. The Kier molecular flexibility index (Phi) is 4.13. The summed E-state index contributed by atoms with van der Waals surface area (Å²) in [6.07, 6.45) is 4.36. The van der Waals surface area contributed by atoms with E-state index in [-0.39, 0.29) is 23.8 Å². The van der Waals surface area contributed by atoms with Crippen LogP contribution in [0.3, 0.4) is 0 Å². The van der Waals surface area contributed by atoms with E-state index in [0.717, 1.165) is 32.1 Å². The van der Waals surface area contributed by atoms with Gasteiger partial charge in [-0.2, -0.15) is 0 Å². The van der Waals surface area contributed by atoms with Gasteiger partial charge in [0.2, 0.25) is 11.8 Å². The molecule has 0 aromatic rings. The smallest absolute Gasteiger partial charge is 0.242 e. The number of rotatable bonds is 3. The Morgan fingerprint density at radius 1 is 1.26 bits per heavy atom. The lowest BCUT2D eigenvalue weighted by atomic mass is 9.76. The van der Waals surface area contributed by atoms with Crippen molar-refractivity contribution in [3.8, 4) is 0 Å². The molecule has 2 fully saturated rings. The van der Waals surface area contributed by atoms with E-state index in [1.54, 1.807) is 0 Å². The molecule has 1 saturated carbocycles. The topological polar surface area (TPSA) is 75.4 Å². The molecule has 1 aliphatic carbocycles. The maximum atomic E-state index is 12.3. The molecule has 0 atom stereocenters. The predicted octanol–water partition coefficient (Wildman–Crippen LogP) is 0.631. The minimum absolute atomic E-state index is 0.0157. The fraction of sp³-hybridized carbons (Fsp3) is 0.857. The molecule has 0 bridgehead atoms. The Morgan fingerprint density at radius 2 is 1.84 bits per heavy atom. The van der Waals surface area contributed by atoms with Gasteiger partial charge in [0.1, 0.15) is 0 Å². The van der Waals surface area contributed by atoms with Crippen LogP contribution in [0.25, 0.3) is 0 Å². The van der Waals surface area contributed by atoms with Crippen molar-refractivity contribution in [3.63, 3.8) is 0 Å². The van der Waals surface area contributed by atoms with Gasteiger partial charge in [-0.25, -0.2) is 0 Å². The lowest BCUT2D eigenvalue weighted by Gasteiger charge is -2.42. The van der Waals surface area contributed by atoms with Gasteiger partial charge in [-0.05, 0) is 32.1 Å². The molecule has 1 aliphatic heterocycles. The molecule has 0 aromatic heterocycles. The van der Waals surface area contributed by atoms with Crippen LogP contribution in [0.2, 0.25) is 0 Å². The van der Waals surface area contributed by atoms with Crippen LogP contribution in [-0.2, 0) is 9.59 Å². The van der Waals surface area contributed by atoms with Gasteiger partial charge in [-0.1, -0.05) is 13.8 Å². The second kappa shape index (κ2) is 5.49. The van der Waals surface area contributed by atoms with E-state index < -0.39 is 5.54 Å². The molecule has 1 heterocycles. The number of carbonyl (C=O) groups excluding carboxylic acids is 2. The number of hydrogen-bond donors (Lipinski definition) is 2. The molecule has 19 heavy (non-hydrogen) atoms. The third kappa shape index (κ3) is 3.08. The number of nitrogens with two attached hydrogens (primary N) is 1. The Balaban J connectivity index is 1.79. The van der Waals surface area contributed by atoms with Gasteiger partial charge in [0.05, 0.1) is 5.54 Å². The maximum absolute atomic E-state index is 12.3. The molecular formula is C14H25N3O2. The van der Waals surface area contributed by atoms with Crippen molar-refractivity contribution in [3.05, 3.63) is 0 Å². The van der Waals surface area contributed by atoms with Crippen LogP contribution in [0.4, 0.5) is 0 Å². The second-order valence-corrected chi connectivity index (χ2v) is 6.24. The van der Waals surface area contributed by atoms with E-state index in [0.29, 0.717) is 13.1 Å². The maximum Gasteiger partial charge on any atom is 0.242 e. The average Bonchev–Trinajstić information content (AvgIpc) is 2.36. The summed E-state index contributed by atoms with van der Waals surface area (Å²) >= 11 is 0. The fourth-order valence-corrected chi connectivity index (χ4v) is 2.68. The minimum Gasteiger partial charge on any atom is -0.353 e. The second-order valence-electron chi connectivity index (χ2n) is 6.24. The SMILES string of the molecule is CC(C)C(=O)NC1CCN(C(=O)C2(N)CCC2)CC1. The minimum atomic E-state index is -0.589. The Bertz CT molecular complexity index is 356. The van der Waals surface area contributed by atoms with Crippen LogP contribution in [-0.4, -0.2) is 41.4 Å². The Hall–Kier alpha value is -1.10. The monoisotopic (exact) mass is 267 g/mol. The third-order valence-electron chi connectivity index (χ3n) is 4.32. The zero-order valence-electron chi connectivity index (χ0n) is 11.9. The average molecular weight is 267 g/mol. The molecule has 2 amide bonds. The molecular weight excluding hydrogens is 242 g/mol. The van der Waals surface area contributed by atoms with Gasteiger partial charge in [-0.3, -0.25) is 9.59 Å². The first-order valence-electron chi connectivity index (χ1n) is 7.31. The number of nitrogens with zero attached hydrogens (tertiary/aromatic N) is 1. The zero-order valence-corrected chi connectivity index (χ0v) is 11.9. The van der Waals surface area contributed by atoms with Gasteiger partial charge in [0.25, 0.3) is 0 Å². The van der Waals surface area contributed by atoms with Crippen LogP contribution in [0, 0.1) is 5.92 Å². The number of carbonyl (C=O) groups is 2. The van der Waals surface area contributed by atoms with Crippen LogP contribution < -0.4 is 11.1 Å². The van der Waals surface area contributed by atoms with E-state index in [4.69, 9.17) is 5.73 Å². The normalized spacial score (nSPS) is 23.1. The lowest BCUT2D eigenvalue weighted by molar-refractivity contribution is -0.141. The Morgan fingerprint density at radius 3 is 2.26 bits per heavy atom. The first-order chi connectivity index (χ1) is 8.92. The highest BCUT2D eigenvalue weighted by Gasteiger charge is 2.43. The van der Waals surface area contributed by atoms with E-state index in [1.165, 1.54) is 0 Å². The molecule has 1 saturated heterocycles. The molecule has 0 radical (unpaired) electrons. The number of likely N-dealkylation sites (tertiary alicyclic amines) is 1. The zero-order chi connectivity index (χ0) is 14.0. The summed E-state index contributed by atoms with van der Waals surface area (Å²) < 4.78 is 0. The highest BCUT2D eigenvalue weighted by atomic mass is 16.2. The van der Waals surface area contributed by atoms with E-state index >= 15 is 0 Å². The first-order valence-corrected chi connectivity index (χ1v) is 7.31. The molecule has 3 N–H and O–H groups in total. The van der Waals surface area contributed by atoms with E-state index in [9.17, 15) is 9.59 Å². The summed E-state index contributed by atoms with van der Waals surface area (Å²) in [5, 5.41) is 3.04. The first kappa shape index (κ1) is 14.3. The van der Waals surface area contributed by atoms with Crippen molar-refractivity contribution < 1.29 is 9.59 Å². The summed E-state index contributed by atoms with van der Waals surface area (Å²) in [6.45, 7) is 5.20. The molecule has 0 unspecified atom stereocenters. The molecule has 108 valence electrons. The summed E-state index contributed by atoms with van der Waals surface area (Å²) in [5.74, 6) is 0.216. The van der Waals surface area contributed by atoms with E-state index in [2.05, 4.69) is 5.32 Å². The van der Waals surface area contributed by atoms with Gasteiger partial charge >= 0.3 is 0 Å². The van der Waals surface area contributed by atoms with E-state index in [1.807, 2.05) is 18.7 Å². The van der Waals surface area contributed by atoms with Crippen LogP contribution >= 0.6 is 0 Å². The lowest BCUT2D eigenvalue weighted by Crippen LogP contribution is -2.61. The van der Waals surface area contributed by atoms with Crippen molar-refractivity contribution >= 4 is 11.8 Å². The molecule has 0 aromatic carbocycles. The summed E-state index contributed by atoms with van der Waals surface area (Å²) in [7, 11) is 0. The standard InChI is InChI=1S/C14H25N3O2/c1-10(2)12(18)16-11-4-8-17(9-5-11)13(19)14(15)6-3-7-14/h10-11H,3-9,15H2,1-2H3,(H,16,18). The van der Waals surface area contributed by atoms with Crippen molar-refractivity contribution in [1.29, 1.82) is 0 Å². The molecule has 5 heteroatoms. The summed E-state index contributed by atoms with van der Waals surface area (Å²) in [4.78, 5) is 25.8. The fourth-order valence-electron chi connectivity index (χ4n) is 2.68. The van der Waals surface area contributed by atoms with Crippen molar-refractivity contribution in [1.82, 2.24) is 10.2 Å². The highest BCUT2D eigenvalue weighted by Crippen LogP contribution is 2.31. The molecule has 2 aliphatic rings. The number of amides is 2. The van der Waals surface area contributed by atoms with Gasteiger partial charge in [0.15, 0.2) is 0 Å². The van der Waals surface area contributed by atoms with Crippen LogP contribution in [0.1, 0.15) is 46.0 Å². The van der Waals surface area contributed by atoms with Crippen molar-refractivity contribution in [2.24, 2.45) is 11.7 Å². The third-order valence-corrected chi connectivity index (χ3v) is 4.32. The van der Waals surface area contributed by atoms with Gasteiger partial charge < -0.3 is 16.0 Å². The molecule has 2 rings (SSSR count).